The minimum absolute atomic E-state index is 0.131. The van der Waals surface area contributed by atoms with E-state index in [0.717, 1.165) is 25.2 Å². The summed E-state index contributed by atoms with van der Waals surface area (Å²) in [4.78, 5) is 13.0. The molecule has 4 aromatic carbocycles. The summed E-state index contributed by atoms with van der Waals surface area (Å²) in [7, 11) is 0. The van der Waals surface area contributed by atoms with Crippen molar-refractivity contribution in [3.8, 4) is 0 Å². The third-order valence-electron chi connectivity index (χ3n) is 5.81. The number of carbonyl (C=O) groups excluding carboxylic acids is 1. The Morgan fingerprint density at radius 2 is 1.03 bits per heavy atom. The molecule has 0 unspecified atom stereocenters. The van der Waals surface area contributed by atoms with Gasteiger partial charge in [-0.15, -0.1) is 0 Å². The summed E-state index contributed by atoms with van der Waals surface area (Å²) in [5.41, 5.74) is 9.28. The van der Waals surface area contributed by atoms with Crippen molar-refractivity contribution in [2.24, 2.45) is 0 Å². The van der Waals surface area contributed by atoms with Crippen LogP contribution >= 0.6 is 0 Å². The number of hydrogen-bond acceptors (Lipinski definition) is 3. The average Bonchev–Trinajstić information content (AvgIpc) is 2.90. The summed E-state index contributed by atoms with van der Waals surface area (Å²) in [6.07, 6.45) is 3.69. The van der Waals surface area contributed by atoms with Crippen LogP contribution in [-0.2, 0) is 30.7 Å². The molecule has 176 valence electrons. The molecule has 0 atom stereocenters. The van der Waals surface area contributed by atoms with Crippen LogP contribution in [0.2, 0.25) is 0 Å². The van der Waals surface area contributed by atoms with Crippen LogP contribution in [0, 0.1) is 0 Å². The quantitative estimate of drug-likeness (QED) is 0.193. The number of benzene rings is 4. The van der Waals surface area contributed by atoms with Gasteiger partial charge < -0.3 is 5.43 Å². The zero-order valence-electron chi connectivity index (χ0n) is 20.0. The Labute approximate surface area is 208 Å². The first kappa shape index (κ1) is 24.2. The first-order valence-electron chi connectivity index (χ1n) is 12.2. The smallest absolute Gasteiger partial charge is 0.157 e. The summed E-state index contributed by atoms with van der Waals surface area (Å²) in [6, 6.07) is 41.3. The number of ketones is 1. The molecular weight excluding hydrogens is 428 g/mol. The molecule has 0 aliphatic rings. The average molecular weight is 461 g/mol. The zero-order valence-corrected chi connectivity index (χ0v) is 20.0. The van der Waals surface area contributed by atoms with Gasteiger partial charge in [-0.2, -0.15) is 0 Å². The van der Waals surface area contributed by atoms with Gasteiger partial charge in [0, 0.05) is 37.7 Å². The molecule has 4 aromatic rings. The summed E-state index contributed by atoms with van der Waals surface area (Å²) < 4.78 is 0. The maximum atomic E-state index is 13.0. The number of nitrogens with one attached hydrogen (secondary N) is 1. The van der Waals surface area contributed by atoms with E-state index in [4.69, 9.17) is 0 Å². The van der Waals surface area contributed by atoms with Crippen molar-refractivity contribution in [3.05, 3.63) is 155 Å². The molecule has 1 N–H and O–H groups in total. The highest BCUT2D eigenvalue weighted by Crippen LogP contribution is 2.13. The van der Waals surface area contributed by atoms with E-state index in [1.165, 1.54) is 22.3 Å². The molecule has 0 aliphatic carbocycles. The number of hydrazine groups is 1. The van der Waals surface area contributed by atoms with Gasteiger partial charge in [0.25, 0.3) is 0 Å². The number of nitrogens with zero attached hydrogens (tertiary/aromatic N) is 1. The van der Waals surface area contributed by atoms with Crippen molar-refractivity contribution in [1.82, 2.24) is 10.4 Å². The molecule has 0 saturated heterocycles. The molecule has 0 aliphatic heterocycles. The molecule has 4 rings (SSSR count). The van der Waals surface area contributed by atoms with Gasteiger partial charge in [0.1, 0.15) is 0 Å². The largest absolute Gasteiger partial charge is 0.322 e. The van der Waals surface area contributed by atoms with Crippen LogP contribution in [0.1, 0.15) is 28.7 Å². The van der Waals surface area contributed by atoms with Crippen LogP contribution in [0.3, 0.4) is 0 Å². The molecule has 3 nitrogen and oxygen atoms in total. The van der Waals surface area contributed by atoms with Crippen molar-refractivity contribution in [3.63, 3.8) is 0 Å². The van der Waals surface area contributed by atoms with Crippen molar-refractivity contribution < 1.29 is 4.79 Å². The van der Waals surface area contributed by atoms with E-state index in [9.17, 15) is 4.79 Å². The Morgan fingerprint density at radius 3 is 1.51 bits per heavy atom. The molecule has 0 saturated carbocycles. The third-order valence-corrected chi connectivity index (χ3v) is 5.81. The molecule has 0 heterocycles. The highest BCUT2D eigenvalue weighted by atomic mass is 16.1. The highest BCUT2D eigenvalue weighted by Gasteiger charge is 2.12. The van der Waals surface area contributed by atoms with Gasteiger partial charge in [0.15, 0.2) is 5.78 Å². The second-order valence-electron chi connectivity index (χ2n) is 8.72. The molecule has 0 fully saturated rings. The molecule has 0 bridgehead atoms. The number of aryl methyl sites for hydroxylation is 1. The number of hydrogen-bond donors (Lipinski definition) is 1. The predicted octanol–water partition coefficient (Wildman–Crippen LogP) is 6.52. The lowest BCUT2D eigenvalue weighted by Crippen LogP contribution is -2.37. The van der Waals surface area contributed by atoms with Gasteiger partial charge in [0.05, 0.1) is 0 Å². The topological polar surface area (TPSA) is 32.3 Å². The minimum Gasteiger partial charge on any atom is -0.322 e. The van der Waals surface area contributed by atoms with Crippen molar-refractivity contribution in [2.75, 3.05) is 0 Å². The number of rotatable bonds is 12. The van der Waals surface area contributed by atoms with E-state index < -0.39 is 0 Å². The standard InChI is InChI=1S/C32H32N2O/c35-32(22-21-27-13-5-1-6-14-27)24-31(23-28-15-7-2-8-16-28)33-34(25-29-17-9-3-10-18-29)26-30-19-11-4-12-20-30/h1-20,24,33H,21-23,25-26H2. The van der Waals surface area contributed by atoms with Crippen LogP contribution in [0.25, 0.3) is 0 Å². The number of allylic oxidation sites excluding steroid dienone is 2. The zero-order chi connectivity index (χ0) is 24.1. The Morgan fingerprint density at radius 1 is 0.600 bits per heavy atom. The lowest BCUT2D eigenvalue weighted by atomic mass is 10.1. The minimum atomic E-state index is 0.131. The summed E-state index contributed by atoms with van der Waals surface area (Å²) in [6.45, 7) is 1.44. The van der Waals surface area contributed by atoms with E-state index in [2.05, 4.69) is 83.2 Å². The van der Waals surface area contributed by atoms with E-state index in [1.807, 2.05) is 48.5 Å². The Bertz CT molecular complexity index is 1150. The maximum absolute atomic E-state index is 13.0. The van der Waals surface area contributed by atoms with Crippen LogP contribution < -0.4 is 5.43 Å². The predicted molar refractivity (Wildman–Crippen MR) is 143 cm³/mol. The first-order valence-corrected chi connectivity index (χ1v) is 12.2. The van der Waals surface area contributed by atoms with Gasteiger partial charge in [0.2, 0.25) is 0 Å². The van der Waals surface area contributed by atoms with Crippen LogP contribution in [0.4, 0.5) is 0 Å². The fourth-order valence-corrected chi connectivity index (χ4v) is 4.06. The van der Waals surface area contributed by atoms with E-state index in [0.29, 0.717) is 12.8 Å². The van der Waals surface area contributed by atoms with Crippen molar-refractivity contribution >= 4 is 5.78 Å². The fourth-order valence-electron chi connectivity index (χ4n) is 4.06. The van der Waals surface area contributed by atoms with Crippen molar-refractivity contribution in [2.45, 2.75) is 32.4 Å². The second-order valence-corrected chi connectivity index (χ2v) is 8.72. The SMILES string of the molecule is O=C(C=C(Cc1ccccc1)NN(Cc1ccccc1)Cc1ccccc1)CCc1ccccc1. The molecule has 0 amide bonds. The van der Waals surface area contributed by atoms with Gasteiger partial charge in [-0.1, -0.05) is 121 Å². The molecule has 35 heavy (non-hydrogen) atoms. The van der Waals surface area contributed by atoms with E-state index >= 15 is 0 Å². The highest BCUT2D eigenvalue weighted by molar-refractivity contribution is 5.90. The van der Waals surface area contributed by atoms with Gasteiger partial charge in [-0.05, 0) is 28.7 Å². The number of carbonyl (C=O) groups is 1. The van der Waals surface area contributed by atoms with Gasteiger partial charge in [-0.25, -0.2) is 5.01 Å². The summed E-state index contributed by atoms with van der Waals surface area (Å²) >= 11 is 0. The maximum Gasteiger partial charge on any atom is 0.157 e. The van der Waals surface area contributed by atoms with Crippen molar-refractivity contribution in [1.29, 1.82) is 0 Å². The Hall–Kier alpha value is -3.95. The Kier molecular flexibility index (Phi) is 9.03. The van der Waals surface area contributed by atoms with Crippen LogP contribution in [0.15, 0.2) is 133 Å². The lowest BCUT2D eigenvalue weighted by molar-refractivity contribution is -0.114. The molecule has 0 radical (unpaired) electrons. The second kappa shape index (κ2) is 13.1. The first-order chi connectivity index (χ1) is 17.2. The normalized spacial score (nSPS) is 11.4. The van der Waals surface area contributed by atoms with E-state index in [1.54, 1.807) is 6.08 Å². The van der Waals surface area contributed by atoms with E-state index in [-0.39, 0.29) is 5.78 Å². The summed E-state index contributed by atoms with van der Waals surface area (Å²) in [5, 5.41) is 2.18. The Balaban J connectivity index is 1.53. The fraction of sp³-hybridized carbons (Fsp3) is 0.156. The monoisotopic (exact) mass is 460 g/mol. The van der Waals surface area contributed by atoms with Gasteiger partial charge in [-0.3, -0.25) is 4.79 Å². The molecular formula is C32H32N2O. The van der Waals surface area contributed by atoms with Crippen LogP contribution in [-0.4, -0.2) is 10.8 Å². The lowest BCUT2D eigenvalue weighted by Gasteiger charge is -2.26. The van der Waals surface area contributed by atoms with Gasteiger partial charge >= 0.3 is 0 Å². The molecule has 0 aromatic heterocycles. The molecule has 3 heteroatoms. The van der Waals surface area contributed by atoms with Crippen LogP contribution in [0.5, 0.6) is 0 Å². The third kappa shape index (κ3) is 8.40. The molecule has 0 spiro atoms. The summed E-state index contributed by atoms with van der Waals surface area (Å²) in [5.74, 6) is 0.131.